The van der Waals surface area contributed by atoms with Gasteiger partial charge in [0.1, 0.15) is 0 Å². The predicted octanol–water partition coefficient (Wildman–Crippen LogP) is 1.21. The largest absolute Gasteiger partial charge is 0.311 e. The van der Waals surface area contributed by atoms with E-state index >= 15 is 0 Å². The van der Waals surface area contributed by atoms with Crippen LogP contribution in [0.3, 0.4) is 0 Å². The summed E-state index contributed by atoms with van der Waals surface area (Å²) in [5, 5.41) is 11.1. The van der Waals surface area contributed by atoms with Crippen molar-refractivity contribution < 1.29 is 0 Å². The van der Waals surface area contributed by atoms with E-state index in [-0.39, 0.29) is 5.54 Å². The van der Waals surface area contributed by atoms with Gasteiger partial charge in [0.2, 0.25) is 0 Å². The van der Waals surface area contributed by atoms with Gasteiger partial charge in [0.15, 0.2) is 0 Å². The van der Waals surface area contributed by atoms with Crippen LogP contribution in [0.2, 0.25) is 0 Å². The molecule has 0 saturated heterocycles. The van der Waals surface area contributed by atoms with Gasteiger partial charge in [-0.15, -0.1) is 0 Å². The molecular weight excluding hydrogens is 200 g/mol. The zero-order valence-electron chi connectivity index (χ0n) is 11.1. The first-order valence-corrected chi connectivity index (χ1v) is 5.83. The first-order valence-electron chi connectivity index (χ1n) is 5.83. The zero-order chi connectivity index (χ0) is 12.2. The van der Waals surface area contributed by atoms with E-state index in [2.05, 4.69) is 43.4 Å². The Hall–Kier alpha value is -0.870. The van der Waals surface area contributed by atoms with E-state index < -0.39 is 0 Å². The van der Waals surface area contributed by atoms with Crippen molar-refractivity contribution in [3.8, 4) is 0 Å². The van der Waals surface area contributed by atoms with Crippen LogP contribution in [0.1, 0.15) is 32.0 Å². The molecule has 0 unspecified atom stereocenters. The van der Waals surface area contributed by atoms with Gasteiger partial charge in [0.25, 0.3) is 0 Å². The predicted molar refractivity (Wildman–Crippen MR) is 67.4 cm³/mol. The number of nitrogens with one attached hydrogen (secondary N) is 2. The molecule has 0 atom stereocenters. The Morgan fingerprint density at radius 2 is 2.00 bits per heavy atom. The van der Waals surface area contributed by atoms with Crippen LogP contribution in [0.15, 0.2) is 6.20 Å². The minimum atomic E-state index is 0.200. The van der Waals surface area contributed by atoms with Gasteiger partial charge in [0, 0.05) is 43.5 Å². The first-order chi connectivity index (χ1) is 7.40. The Bertz CT molecular complexity index is 322. The molecule has 0 spiro atoms. The standard InChI is InChI=1S/C12H24N4/c1-10-11(9-15-16(10)5)8-13-6-7-14-12(2,3)4/h9,13-14H,6-8H2,1-5H3. The molecule has 1 heterocycles. The Morgan fingerprint density at radius 1 is 1.31 bits per heavy atom. The lowest BCUT2D eigenvalue weighted by Crippen LogP contribution is -2.40. The highest BCUT2D eigenvalue weighted by Gasteiger charge is 2.07. The molecule has 0 aliphatic rings. The average Bonchev–Trinajstić information content (AvgIpc) is 2.47. The van der Waals surface area contributed by atoms with Gasteiger partial charge in [-0.25, -0.2) is 0 Å². The topological polar surface area (TPSA) is 41.9 Å². The minimum absolute atomic E-state index is 0.200. The molecule has 0 aliphatic carbocycles. The van der Waals surface area contributed by atoms with Crippen LogP contribution in [-0.2, 0) is 13.6 Å². The summed E-state index contributed by atoms with van der Waals surface area (Å²) in [5.41, 5.74) is 2.71. The van der Waals surface area contributed by atoms with E-state index in [1.54, 1.807) is 0 Å². The third-order valence-electron chi connectivity index (χ3n) is 2.61. The summed E-state index contributed by atoms with van der Waals surface area (Å²) in [5.74, 6) is 0. The van der Waals surface area contributed by atoms with Gasteiger partial charge < -0.3 is 10.6 Å². The highest BCUT2D eigenvalue weighted by atomic mass is 15.3. The molecule has 0 aromatic carbocycles. The van der Waals surface area contributed by atoms with Gasteiger partial charge in [-0.2, -0.15) is 5.10 Å². The molecule has 0 amide bonds. The lowest BCUT2D eigenvalue weighted by molar-refractivity contribution is 0.421. The molecule has 1 aromatic rings. The third kappa shape index (κ3) is 4.33. The van der Waals surface area contributed by atoms with Gasteiger partial charge in [-0.05, 0) is 27.7 Å². The molecule has 4 nitrogen and oxygen atoms in total. The summed E-state index contributed by atoms with van der Waals surface area (Å²) in [7, 11) is 1.97. The second-order valence-electron chi connectivity index (χ2n) is 5.23. The molecule has 0 aliphatic heterocycles. The van der Waals surface area contributed by atoms with Crippen LogP contribution in [0.5, 0.6) is 0 Å². The molecule has 4 heteroatoms. The molecule has 1 aromatic heterocycles. The highest BCUT2D eigenvalue weighted by molar-refractivity contribution is 5.15. The second kappa shape index (κ2) is 5.46. The maximum Gasteiger partial charge on any atom is 0.0537 e. The summed E-state index contributed by atoms with van der Waals surface area (Å²) < 4.78 is 1.91. The molecular formula is C12H24N4. The Labute approximate surface area is 98.4 Å². The number of aromatic nitrogens is 2. The molecule has 0 radical (unpaired) electrons. The van der Waals surface area contributed by atoms with Crippen molar-refractivity contribution in [3.05, 3.63) is 17.5 Å². The molecule has 16 heavy (non-hydrogen) atoms. The first kappa shape index (κ1) is 13.2. The summed E-state index contributed by atoms with van der Waals surface area (Å²) in [6.07, 6.45) is 1.93. The fourth-order valence-electron chi connectivity index (χ4n) is 1.47. The van der Waals surface area contributed by atoms with Gasteiger partial charge in [-0.3, -0.25) is 4.68 Å². The van der Waals surface area contributed by atoms with Gasteiger partial charge in [-0.1, -0.05) is 0 Å². The zero-order valence-corrected chi connectivity index (χ0v) is 11.1. The Morgan fingerprint density at radius 3 is 2.50 bits per heavy atom. The number of rotatable bonds is 5. The van der Waals surface area contributed by atoms with Crippen molar-refractivity contribution in [2.75, 3.05) is 13.1 Å². The van der Waals surface area contributed by atoms with Crippen LogP contribution in [0, 0.1) is 6.92 Å². The SMILES string of the molecule is Cc1c(CNCCNC(C)(C)C)cnn1C. The van der Waals surface area contributed by atoms with Crippen LogP contribution >= 0.6 is 0 Å². The fraction of sp³-hybridized carbons (Fsp3) is 0.750. The van der Waals surface area contributed by atoms with Crippen LogP contribution in [0.25, 0.3) is 0 Å². The number of hydrogen-bond acceptors (Lipinski definition) is 3. The lowest BCUT2D eigenvalue weighted by atomic mass is 10.1. The summed E-state index contributed by atoms with van der Waals surface area (Å²) in [4.78, 5) is 0. The summed E-state index contributed by atoms with van der Waals surface area (Å²) in [6, 6.07) is 0. The minimum Gasteiger partial charge on any atom is -0.311 e. The van der Waals surface area contributed by atoms with Gasteiger partial charge in [0.05, 0.1) is 6.20 Å². The summed E-state index contributed by atoms with van der Waals surface area (Å²) >= 11 is 0. The van der Waals surface area contributed by atoms with Crippen molar-refractivity contribution in [3.63, 3.8) is 0 Å². The van der Waals surface area contributed by atoms with E-state index in [1.165, 1.54) is 11.3 Å². The average molecular weight is 224 g/mol. The Kier molecular flexibility index (Phi) is 4.50. The van der Waals surface area contributed by atoms with E-state index in [9.17, 15) is 0 Å². The van der Waals surface area contributed by atoms with Crippen molar-refractivity contribution in [2.45, 2.75) is 39.8 Å². The van der Waals surface area contributed by atoms with Gasteiger partial charge >= 0.3 is 0 Å². The van der Waals surface area contributed by atoms with Crippen LogP contribution in [-0.4, -0.2) is 28.4 Å². The van der Waals surface area contributed by atoms with E-state index in [0.29, 0.717) is 0 Å². The molecule has 92 valence electrons. The molecule has 0 saturated carbocycles. The molecule has 1 rings (SSSR count). The van der Waals surface area contributed by atoms with E-state index in [4.69, 9.17) is 0 Å². The molecule has 0 fully saturated rings. The number of hydrogen-bond donors (Lipinski definition) is 2. The van der Waals surface area contributed by atoms with Crippen molar-refractivity contribution in [2.24, 2.45) is 7.05 Å². The molecule has 2 N–H and O–H groups in total. The number of aryl methyl sites for hydroxylation is 1. The maximum absolute atomic E-state index is 4.22. The van der Waals surface area contributed by atoms with Crippen molar-refractivity contribution in [1.82, 2.24) is 20.4 Å². The fourth-order valence-corrected chi connectivity index (χ4v) is 1.47. The van der Waals surface area contributed by atoms with Crippen molar-refractivity contribution in [1.29, 1.82) is 0 Å². The van der Waals surface area contributed by atoms with Crippen LogP contribution in [0.4, 0.5) is 0 Å². The monoisotopic (exact) mass is 224 g/mol. The summed E-state index contributed by atoms with van der Waals surface area (Å²) in [6.45, 7) is 11.5. The quantitative estimate of drug-likeness (QED) is 0.739. The van der Waals surface area contributed by atoms with Crippen LogP contribution < -0.4 is 10.6 Å². The maximum atomic E-state index is 4.22. The van der Waals surface area contributed by atoms with Crippen molar-refractivity contribution >= 4 is 0 Å². The lowest BCUT2D eigenvalue weighted by Gasteiger charge is -2.20. The second-order valence-corrected chi connectivity index (χ2v) is 5.23. The molecule has 0 bridgehead atoms. The number of nitrogens with zero attached hydrogens (tertiary/aromatic N) is 2. The Balaban J connectivity index is 2.19. The third-order valence-corrected chi connectivity index (χ3v) is 2.61. The highest BCUT2D eigenvalue weighted by Crippen LogP contribution is 2.04. The van der Waals surface area contributed by atoms with E-state index in [1.807, 2.05) is 17.9 Å². The normalized spacial score (nSPS) is 12.1. The van der Waals surface area contributed by atoms with E-state index in [0.717, 1.165) is 19.6 Å². The smallest absolute Gasteiger partial charge is 0.0537 e.